The fraction of sp³-hybridized carbons (Fsp3) is 0.115. The molecule has 170 valence electrons. The van der Waals surface area contributed by atoms with Gasteiger partial charge in [0, 0.05) is 10.8 Å². The lowest BCUT2D eigenvalue weighted by atomic mass is 10.1. The van der Waals surface area contributed by atoms with Gasteiger partial charge in [-0.3, -0.25) is 9.79 Å². The fourth-order valence-electron chi connectivity index (χ4n) is 3.45. The smallest absolute Gasteiger partial charge is 0.230 e. The van der Waals surface area contributed by atoms with Crippen molar-refractivity contribution in [2.75, 3.05) is 12.3 Å². The minimum absolute atomic E-state index is 0.104. The van der Waals surface area contributed by atoms with E-state index in [1.165, 1.54) is 0 Å². The van der Waals surface area contributed by atoms with E-state index in [0.717, 1.165) is 38.7 Å². The van der Waals surface area contributed by atoms with E-state index in [4.69, 9.17) is 21.3 Å². The summed E-state index contributed by atoms with van der Waals surface area (Å²) in [5.74, 6) is 2.19. The molecule has 1 amide bonds. The highest BCUT2D eigenvalue weighted by Gasteiger charge is 2.16. The summed E-state index contributed by atoms with van der Waals surface area (Å²) in [5.41, 5.74) is 2.68. The summed E-state index contributed by atoms with van der Waals surface area (Å²) < 4.78 is 7.06. The normalized spacial score (nSPS) is 13.7. The standard InChI is InChI=1S/C26H20ClN3O2S2/c27-19-8-10-20(11-9-19)32-21-5-3-4-17(15-21)14-18(16-24(31)30-26-28-12-13-33-26)25-29-22-6-1-2-7-23(22)34-25/h1-11,14-15H,12-13,16H2,(H,28,30,31)/b18-14-. The number of amides is 1. The minimum Gasteiger partial charge on any atom is -0.457 e. The van der Waals surface area contributed by atoms with Crippen LogP contribution in [0.5, 0.6) is 11.5 Å². The van der Waals surface area contributed by atoms with Crippen molar-refractivity contribution in [1.29, 1.82) is 0 Å². The maximum Gasteiger partial charge on any atom is 0.230 e. The van der Waals surface area contributed by atoms with Crippen LogP contribution < -0.4 is 10.1 Å². The van der Waals surface area contributed by atoms with Crippen molar-refractivity contribution >= 4 is 67.6 Å². The molecule has 0 saturated carbocycles. The summed E-state index contributed by atoms with van der Waals surface area (Å²) in [4.78, 5) is 21.9. The first kappa shape index (κ1) is 22.7. The average molecular weight is 506 g/mol. The van der Waals surface area contributed by atoms with E-state index in [1.54, 1.807) is 35.2 Å². The number of aromatic nitrogens is 1. The van der Waals surface area contributed by atoms with Gasteiger partial charge in [0.05, 0.1) is 23.2 Å². The minimum atomic E-state index is -0.104. The molecule has 1 aliphatic heterocycles. The predicted molar refractivity (Wildman–Crippen MR) is 143 cm³/mol. The zero-order valence-electron chi connectivity index (χ0n) is 18.0. The number of rotatable bonds is 6. The number of fused-ring (bicyclic) bond motifs is 1. The molecule has 0 bridgehead atoms. The Balaban J connectivity index is 1.44. The molecule has 0 radical (unpaired) electrons. The lowest BCUT2D eigenvalue weighted by Gasteiger charge is -2.09. The number of thiazole rings is 1. The third kappa shape index (κ3) is 5.67. The lowest BCUT2D eigenvalue weighted by molar-refractivity contribution is -0.118. The van der Waals surface area contributed by atoms with Gasteiger partial charge < -0.3 is 10.1 Å². The lowest BCUT2D eigenvalue weighted by Crippen LogP contribution is -2.27. The van der Waals surface area contributed by atoms with Gasteiger partial charge in [0.15, 0.2) is 5.17 Å². The van der Waals surface area contributed by atoms with Crippen molar-refractivity contribution < 1.29 is 9.53 Å². The summed E-state index contributed by atoms with van der Waals surface area (Å²) in [6.07, 6.45) is 2.19. The number of ether oxygens (including phenoxy) is 1. The van der Waals surface area contributed by atoms with Crippen LogP contribution in [0.1, 0.15) is 17.0 Å². The van der Waals surface area contributed by atoms with Gasteiger partial charge in [0.2, 0.25) is 5.91 Å². The Labute approximate surface area is 210 Å². The van der Waals surface area contributed by atoms with Gasteiger partial charge in [0.1, 0.15) is 16.5 Å². The topological polar surface area (TPSA) is 63.6 Å². The van der Waals surface area contributed by atoms with Crippen molar-refractivity contribution in [3.8, 4) is 11.5 Å². The highest BCUT2D eigenvalue weighted by Crippen LogP contribution is 2.31. The Bertz CT molecular complexity index is 1360. The van der Waals surface area contributed by atoms with Gasteiger partial charge in [0.25, 0.3) is 0 Å². The number of hydrogen-bond acceptors (Lipinski definition) is 6. The molecule has 2 heterocycles. The molecular weight excluding hydrogens is 486 g/mol. The number of carbonyl (C=O) groups excluding carboxylic acids is 1. The zero-order valence-corrected chi connectivity index (χ0v) is 20.4. The summed E-state index contributed by atoms with van der Waals surface area (Å²) in [7, 11) is 0. The van der Waals surface area contributed by atoms with E-state index < -0.39 is 0 Å². The summed E-state index contributed by atoms with van der Waals surface area (Å²) >= 11 is 9.11. The average Bonchev–Trinajstić information content (AvgIpc) is 3.50. The number of para-hydroxylation sites is 1. The highest BCUT2D eigenvalue weighted by atomic mass is 35.5. The van der Waals surface area contributed by atoms with Crippen LogP contribution in [-0.4, -0.2) is 28.4 Å². The van der Waals surface area contributed by atoms with Crippen molar-refractivity contribution in [3.05, 3.63) is 88.4 Å². The van der Waals surface area contributed by atoms with E-state index in [1.807, 2.05) is 66.7 Å². The molecule has 3 aromatic carbocycles. The molecule has 34 heavy (non-hydrogen) atoms. The number of amidine groups is 1. The van der Waals surface area contributed by atoms with E-state index in [0.29, 0.717) is 21.7 Å². The number of carbonyl (C=O) groups is 1. The second-order valence-electron chi connectivity index (χ2n) is 7.55. The van der Waals surface area contributed by atoms with Crippen LogP contribution in [0.2, 0.25) is 5.02 Å². The second kappa shape index (κ2) is 10.4. The van der Waals surface area contributed by atoms with Crippen molar-refractivity contribution in [1.82, 2.24) is 10.3 Å². The van der Waals surface area contributed by atoms with E-state index >= 15 is 0 Å². The summed E-state index contributed by atoms with van der Waals surface area (Å²) in [6.45, 7) is 0.737. The highest BCUT2D eigenvalue weighted by molar-refractivity contribution is 8.14. The fourth-order valence-corrected chi connectivity index (χ4v) is 5.30. The van der Waals surface area contributed by atoms with Crippen LogP contribution in [-0.2, 0) is 4.79 Å². The first-order valence-corrected chi connectivity index (χ1v) is 12.9. The summed E-state index contributed by atoms with van der Waals surface area (Å²) in [6, 6.07) is 23.0. The molecular formula is C26H20ClN3O2S2. The predicted octanol–water partition coefficient (Wildman–Crippen LogP) is 6.89. The van der Waals surface area contributed by atoms with Crippen LogP contribution in [0, 0.1) is 0 Å². The molecule has 5 nitrogen and oxygen atoms in total. The summed E-state index contributed by atoms with van der Waals surface area (Å²) in [5, 5.41) is 5.09. The van der Waals surface area contributed by atoms with Crippen molar-refractivity contribution in [2.24, 2.45) is 4.99 Å². The second-order valence-corrected chi connectivity index (χ2v) is 10.1. The van der Waals surface area contributed by atoms with Crippen molar-refractivity contribution in [2.45, 2.75) is 6.42 Å². The maximum absolute atomic E-state index is 12.8. The number of aliphatic imine (C=N–C) groups is 1. The Kier molecular flexibility index (Phi) is 6.94. The zero-order chi connectivity index (χ0) is 23.3. The molecule has 4 aromatic rings. The van der Waals surface area contributed by atoms with Gasteiger partial charge in [-0.05, 0) is 65.7 Å². The number of nitrogens with zero attached hydrogens (tertiary/aromatic N) is 2. The molecule has 0 aliphatic carbocycles. The van der Waals surface area contributed by atoms with Crippen LogP contribution in [0.25, 0.3) is 21.9 Å². The molecule has 8 heteroatoms. The van der Waals surface area contributed by atoms with Gasteiger partial charge in [-0.2, -0.15) is 0 Å². The number of nitrogens with one attached hydrogen (secondary N) is 1. The molecule has 5 rings (SSSR count). The number of benzene rings is 3. The Morgan fingerprint density at radius 3 is 2.71 bits per heavy atom. The molecule has 0 saturated heterocycles. The maximum atomic E-state index is 12.8. The third-order valence-corrected chi connectivity index (χ3v) is 7.25. The Hall–Kier alpha value is -3.13. The first-order chi connectivity index (χ1) is 16.6. The van der Waals surface area contributed by atoms with Crippen LogP contribution in [0.15, 0.2) is 77.8 Å². The molecule has 0 unspecified atom stereocenters. The molecule has 0 atom stereocenters. The van der Waals surface area contributed by atoms with Gasteiger partial charge in [-0.1, -0.05) is 47.6 Å². The van der Waals surface area contributed by atoms with Gasteiger partial charge in [-0.25, -0.2) is 4.98 Å². The molecule has 1 aromatic heterocycles. The molecule has 1 aliphatic rings. The van der Waals surface area contributed by atoms with Gasteiger partial charge in [-0.15, -0.1) is 11.3 Å². The first-order valence-electron chi connectivity index (χ1n) is 10.7. The van der Waals surface area contributed by atoms with E-state index in [-0.39, 0.29) is 12.3 Å². The van der Waals surface area contributed by atoms with Crippen LogP contribution >= 0.6 is 34.7 Å². The SMILES string of the molecule is O=C(C/C(=C/c1cccc(Oc2ccc(Cl)cc2)c1)c1nc2ccccc2s1)NC1=NCCS1. The van der Waals surface area contributed by atoms with Gasteiger partial charge >= 0.3 is 0 Å². The van der Waals surface area contributed by atoms with Crippen molar-refractivity contribution in [3.63, 3.8) is 0 Å². The van der Waals surface area contributed by atoms with Crippen LogP contribution in [0.4, 0.5) is 0 Å². The third-order valence-electron chi connectivity index (χ3n) is 5.00. The number of halogens is 1. The van der Waals surface area contributed by atoms with E-state index in [2.05, 4.69) is 10.3 Å². The van der Waals surface area contributed by atoms with E-state index in [9.17, 15) is 4.79 Å². The number of hydrogen-bond donors (Lipinski definition) is 1. The monoisotopic (exact) mass is 505 g/mol. The molecule has 1 N–H and O–H groups in total. The molecule has 0 spiro atoms. The Morgan fingerprint density at radius 2 is 1.91 bits per heavy atom. The quantitative estimate of drug-likeness (QED) is 0.310. The largest absolute Gasteiger partial charge is 0.457 e. The number of thioether (sulfide) groups is 1. The van der Waals surface area contributed by atoms with Crippen LogP contribution in [0.3, 0.4) is 0 Å². The Morgan fingerprint density at radius 1 is 1.06 bits per heavy atom. The molecule has 0 fully saturated rings.